The van der Waals surface area contributed by atoms with Gasteiger partial charge >= 0.3 is 17.9 Å². The number of hydrogen-bond donors (Lipinski definition) is 1. The van der Waals surface area contributed by atoms with Gasteiger partial charge in [0.25, 0.3) is 0 Å². The molecule has 3 atom stereocenters. The van der Waals surface area contributed by atoms with Crippen molar-refractivity contribution < 1.29 is 33.7 Å². The molecule has 0 spiro atoms. The number of aliphatic hydroxyl groups excluding tert-OH is 1. The van der Waals surface area contributed by atoms with E-state index in [-0.39, 0.29) is 44.1 Å². The van der Waals surface area contributed by atoms with Gasteiger partial charge in [0.1, 0.15) is 12.7 Å². The van der Waals surface area contributed by atoms with Crippen molar-refractivity contribution in [1.29, 1.82) is 0 Å². The number of esters is 3. The molecule has 7 heteroatoms. The molecule has 0 rings (SSSR count). The Balaban J connectivity index is 5.41. The van der Waals surface area contributed by atoms with E-state index in [4.69, 9.17) is 19.3 Å². The van der Waals surface area contributed by atoms with Crippen molar-refractivity contribution in [2.45, 2.75) is 92.1 Å². The smallest absolute Gasteiger partial charge is 0.311 e. The Kier molecular flexibility index (Phi) is 14.4. The summed E-state index contributed by atoms with van der Waals surface area (Å²) in [5.74, 6) is -2.33. The second-order valence-electron chi connectivity index (χ2n) is 8.47. The fraction of sp³-hybridized carbons (Fsp3) is 0.870. The molecule has 0 heterocycles. The van der Waals surface area contributed by atoms with Gasteiger partial charge in [-0.15, -0.1) is 0 Å². The monoisotopic (exact) mass is 430 g/mol. The highest BCUT2D eigenvalue weighted by molar-refractivity contribution is 5.79. The molecule has 0 aliphatic carbocycles. The van der Waals surface area contributed by atoms with Crippen LogP contribution in [-0.4, -0.2) is 49.4 Å². The van der Waals surface area contributed by atoms with Crippen molar-refractivity contribution in [3.63, 3.8) is 0 Å². The van der Waals surface area contributed by atoms with Crippen LogP contribution in [0.25, 0.3) is 0 Å². The van der Waals surface area contributed by atoms with Crippen molar-refractivity contribution in [2.24, 2.45) is 17.3 Å². The van der Waals surface area contributed by atoms with E-state index in [1.54, 1.807) is 13.8 Å². The average Bonchev–Trinajstić information content (AvgIpc) is 2.73. The molecule has 0 saturated carbocycles. The van der Waals surface area contributed by atoms with E-state index in [1.807, 2.05) is 13.8 Å². The maximum atomic E-state index is 13.1. The van der Waals surface area contributed by atoms with E-state index in [2.05, 4.69) is 6.92 Å². The van der Waals surface area contributed by atoms with Gasteiger partial charge in [0.05, 0.1) is 31.0 Å². The molecule has 0 radical (unpaired) electrons. The fourth-order valence-corrected chi connectivity index (χ4v) is 3.46. The minimum absolute atomic E-state index is 0.0908. The van der Waals surface area contributed by atoms with E-state index in [9.17, 15) is 14.4 Å². The first kappa shape index (κ1) is 28.4. The first-order chi connectivity index (χ1) is 14.2. The van der Waals surface area contributed by atoms with E-state index in [1.165, 1.54) is 7.11 Å². The summed E-state index contributed by atoms with van der Waals surface area (Å²) < 4.78 is 15.7. The molecule has 0 aromatic heterocycles. The van der Waals surface area contributed by atoms with Crippen LogP contribution < -0.4 is 0 Å². The number of aliphatic hydroxyl groups is 1. The first-order valence-electron chi connectivity index (χ1n) is 11.2. The number of carbonyl (C=O) groups excluding carboxylic acids is 3. The lowest BCUT2D eigenvalue weighted by Gasteiger charge is -2.29. The van der Waals surface area contributed by atoms with Crippen molar-refractivity contribution in [2.75, 3.05) is 20.3 Å². The Morgan fingerprint density at radius 3 is 2.13 bits per heavy atom. The summed E-state index contributed by atoms with van der Waals surface area (Å²) in [5, 5.41) is 8.90. The summed E-state index contributed by atoms with van der Waals surface area (Å²) in [6.45, 7) is 9.02. The van der Waals surface area contributed by atoms with E-state index >= 15 is 0 Å². The summed E-state index contributed by atoms with van der Waals surface area (Å²) in [6, 6.07) is 0. The van der Waals surface area contributed by atoms with Gasteiger partial charge in [0.15, 0.2) is 0 Å². The van der Waals surface area contributed by atoms with E-state index < -0.39 is 23.2 Å². The molecule has 0 aliphatic heterocycles. The largest absolute Gasteiger partial charge is 0.469 e. The topological polar surface area (TPSA) is 99.1 Å². The van der Waals surface area contributed by atoms with Gasteiger partial charge < -0.3 is 19.3 Å². The fourth-order valence-electron chi connectivity index (χ4n) is 3.46. The predicted molar refractivity (Wildman–Crippen MR) is 115 cm³/mol. The molecule has 1 N–H and O–H groups in total. The molecule has 176 valence electrons. The second-order valence-corrected chi connectivity index (χ2v) is 8.47. The third kappa shape index (κ3) is 10.4. The highest BCUT2D eigenvalue weighted by atomic mass is 16.5. The summed E-state index contributed by atoms with van der Waals surface area (Å²) in [7, 11) is 1.33. The summed E-state index contributed by atoms with van der Waals surface area (Å²) in [6.07, 6.45) is 5.49. The molecule has 0 aromatic carbocycles. The van der Waals surface area contributed by atoms with Gasteiger partial charge in [-0.25, -0.2) is 0 Å². The number of rotatable bonds is 16. The molecule has 30 heavy (non-hydrogen) atoms. The van der Waals surface area contributed by atoms with Crippen LogP contribution in [0.3, 0.4) is 0 Å². The SMILES string of the molecule is CCCCCC(CC)OC(=O)C(CC(CC)C(=O)OC)CC(C)(C)C(=O)OCCO. The van der Waals surface area contributed by atoms with Gasteiger partial charge in [-0.05, 0) is 52.4 Å². The highest BCUT2D eigenvalue weighted by Crippen LogP contribution is 2.33. The lowest BCUT2D eigenvalue weighted by atomic mass is 9.78. The summed E-state index contributed by atoms with van der Waals surface area (Å²) >= 11 is 0. The van der Waals surface area contributed by atoms with Gasteiger partial charge in [0, 0.05) is 0 Å². The molecular formula is C23H42O7. The van der Waals surface area contributed by atoms with Crippen molar-refractivity contribution in [3.8, 4) is 0 Å². The lowest BCUT2D eigenvalue weighted by molar-refractivity contribution is -0.162. The van der Waals surface area contributed by atoms with Gasteiger partial charge in [-0.3, -0.25) is 14.4 Å². The zero-order chi connectivity index (χ0) is 23.2. The second kappa shape index (κ2) is 15.2. The molecule has 3 unspecified atom stereocenters. The molecule has 7 nitrogen and oxygen atoms in total. The minimum Gasteiger partial charge on any atom is -0.469 e. The van der Waals surface area contributed by atoms with Crippen LogP contribution in [0.5, 0.6) is 0 Å². The Hall–Kier alpha value is -1.63. The Morgan fingerprint density at radius 2 is 1.63 bits per heavy atom. The molecule has 0 saturated heterocycles. The molecule has 0 bridgehead atoms. The van der Waals surface area contributed by atoms with E-state index in [0.29, 0.717) is 6.42 Å². The van der Waals surface area contributed by atoms with Crippen LogP contribution in [0, 0.1) is 17.3 Å². The average molecular weight is 431 g/mol. The Morgan fingerprint density at radius 1 is 0.967 bits per heavy atom. The van der Waals surface area contributed by atoms with Crippen LogP contribution in [0.4, 0.5) is 0 Å². The molecule has 0 amide bonds. The van der Waals surface area contributed by atoms with Crippen LogP contribution in [0.15, 0.2) is 0 Å². The highest BCUT2D eigenvalue weighted by Gasteiger charge is 2.38. The third-order valence-corrected chi connectivity index (χ3v) is 5.43. The minimum atomic E-state index is -0.961. The summed E-state index contributed by atoms with van der Waals surface area (Å²) in [5.41, 5.74) is -0.961. The van der Waals surface area contributed by atoms with Gasteiger partial charge in [-0.1, -0.05) is 33.6 Å². The van der Waals surface area contributed by atoms with Crippen molar-refractivity contribution in [3.05, 3.63) is 0 Å². The normalized spacial score (nSPS) is 14.5. The van der Waals surface area contributed by atoms with E-state index in [0.717, 1.165) is 32.1 Å². The van der Waals surface area contributed by atoms with Crippen molar-refractivity contribution >= 4 is 17.9 Å². The zero-order valence-corrected chi connectivity index (χ0v) is 19.7. The van der Waals surface area contributed by atoms with Crippen LogP contribution in [0.2, 0.25) is 0 Å². The molecule has 0 aromatic rings. The first-order valence-corrected chi connectivity index (χ1v) is 11.2. The maximum Gasteiger partial charge on any atom is 0.311 e. The number of unbranched alkanes of at least 4 members (excludes halogenated alkanes) is 2. The number of carbonyl (C=O) groups is 3. The predicted octanol–water partition coefficient (Wildman–Crippen LogP) is 4.05. The Labute approximate surface area is 181 Å². The zero-order valence-electron chi connectivity index (χ0n) is 19.7. The quantitative estimate of drug-likeness (QED) is 0.224. The van der Waals surface area contributed by atoms with Crippen LogP contribution >= 0.6 is 0 Å². The number of ether oxygens (including phenoxy) is 3. The number of hydrogen-bond acceptors (Lipinski definition) is 7. The van der Waals surface area contributed by atoms with Gasteiger partial charge in [0.2, 0.25) is 0 Å². The molecule has 0 aliphatic rings. The molecular weight excluding hydrogens is 388 g/mol. The third-order valence-electron chi connectivity index (χ3n) is 5.43. The van der Waals surface area contributed by atoms with Gasteiger partial charge in [-0.2, -0.15) is 0 Å². The standard InChI is InChI=1S/C23H42O7/c1-7-10-11-12-19(9-3)30-21(26)18(15-17(8-2)20(25)28-6)16-23(4,5)22(27)29-14-13-24/h17-19,24H,7-16H2,1-6H3. The van der Waals surface area contributed by atoms with Crippen LogP contribution in [-0.2, 0) is 28.6 Å². The van der Waals surface area contributed by atoms with Crippen molar-refractivity contribution in [1.82, 2.24) is 0 Å². The lowest BCUT2D eigenvalue weighted by Crippen LogP contribution is -2.35. The van der Waals surface area contributed by atoms with Crippen LogP contribution in [0.1, 0.15) is 86.0 Å². The Bertz CT molecular complexity index is 516. The molecule has 0 fully saturated rings. The number of methoxy groups -OCH3 is 1. The summed E-state index contributed by atoms with van der Waals surface area (Å²) in [4.78, 5) is 37.6. The maximum absolute atomic E-state index is 13.1.